The summed E-state index contributed by atoms with van der Waals surface area (Å²) in [6.07, 6.45) is 4.47. The summed E-state index contributed by atoms with van der Waals surface area (Å²) in [6.45, 7) is 17.4. The molecule has 6 bridgehead atoms. The van der Waals surface area contributed by atoms with Crippen molar-refractivity contribution in [3.63, 3.8) is 0 Å². The van der Waals surface area contributed by atoms with Crippen molar-refractivity contribution in [2.24, 2.45) is 23.2 Å². The highest BCUT2D eigenvalue weighted by atomic mass is 16.5. The second-order valence-corrected chi connectivity index (χ2v) is 19.3. The van der Waals surface area contributed by atoms with Crippen LogP contribution in [0.2, 0.25) is 0 Å². The number of fused-ring (bicyclic) bond motifs is 6. The minimum absolute atomic E-state index is 0.0125. The van der Waals surface area contributed by atoms with Crippen LogP contribution < -0.4 is 10.7 Å². The fourth-order valence-electron chi connectivity index (χ4n) is 10.1. The van der Waals surface area contributed by atoms with E-state index in [0.717, 1.165) is 39.0 Å². The van der Waals surface area contributed by atoms with E-state index in [1.165, 1.54) is 16.0 Å². The molecule has 0 spiro atoms. The molecule has 1 unspecified atom stereocenters. The van der Waals surface area contributed by atoms with Crippen LogP contribution >= 0.6 is 0 Å². The Morgan fingerprint density at radius 1 is 1.12 bits per heavy atom. The first-order chi connectivity index (χ1) is 31.4. The lowest BCUT2D eigenvalue weighted by molar-refractivity contribution is -0.155. The molecule has 5 atom stereocenters. The molecule has 66 heavy (non-hydrogen) atoms. The van der Waals surface area contributed by atoms with E-state index in [1.54, 1.807) is 37.4 Å². The number of aryl methyl sites for hydroxylation is 1. The van der Waals surface area contributed by atoms with Crippen molar-refractivity contribution < 1.29 is 38.6 Å². The summed E-state index contributed by atoms with van der Waals surface area (Å²) in [6, 6.07) is 12.5. The third-order valence-electron chi connectivity index (χ3n) is 13.4. The average molecular weight is 904 g/mol. The van der Waals surface area contributed by atoms with Crippen molar-refractivity contribution in [2.75, 3.05) is 40.4 Å². The van der Waals surface area contributed by atoms with Crippen LogP contribution in [-0.4, -0.2) is 118 Å². The molecule has 0 saturated carbocycles. The number of hydrazine groups is 1. The number of rotatable bonds is 10. The van der Waals surface area contributed by atoms with E-state index < -0.39 is 47.2 Å². The number of carbonyl (C=O) groups excluding carboxylic acids is 5. The van der Waals surface area contributed by atoms with E-state index >= 15 is 0 Å². The number of benzene rings is 2. The number of phenols is 1. The number of ether oxygens (including phenoxy) is 2. The molecule has 352 valence electrons. The Balaban J connectivity index is 1.30. The Labute approximate surface area is 387 Å². The first kappa shape index (κ1) is 47.9. The summed E-state index contributed by atoms with van der Waals surface area (Å²) < 4.78 is 14.0. The SMILES string of the molecule is C=CC(=O)N1C[C@H](C)[C@H](C(=O)N(C)C(C(=O)N[C@H]2Cc3cc(O)cc(c3)-c3ccc4c(c3)c(c(-c3cccnc3COC)n4CC)CC(C)(C)COC(=O)[C@@H]3CCCN(N3)C2=O)C(C)C)C1. The molecular weight excluding hydrogens is 839 g/mol. The van der Waals surface area contributed by atoms with E-state index in [1.807, 2.05) is 39.0 Å². The Kier molecular flexibility index (Phi) is 14.4. The first-order valence-electron chi connectivity index (χ1n) is 23.1. The second kappa shape index (κ2) is 19.8. The van der Waals surface area contributed by atoms with Gasteiger partial charge in [-0.25, -0.2) is 5.43 Å². The monoisotopic (exact) mass is 903 g/mol. The van der Waals surface area contributed by atoms with Gasteiger partial charge in [0.05, 0.1) is 30.5 Å². The zero-order valence-corrected chi connectivity index (χ0v) is 39.6. The molecular formula is C51H65N7O8. The topological polar surface area (TPSA) is 176 Å². The van der Waals surface area contributed by atoms with Crippen LogP contribution in [0.5, 0.6) is 5.75 Å². The van der Waals surface area contributed by atoms with Gasteiger partial charge in [-0.15, -0.1) is 0 Å². The van der Waals surface area contributed by atoms with E-state index in [4.69, 9.17) is 14.5 Å². The third kappa shape index (κ3) is 9.87. The number of pyridine rings is 1. The van der Waals surface area contributed by atoms with Gasteiger partial charge in [-0.1, -0.05) is 53.3 Å². The van der Waals surface area contributed by atoms with Gasteiger partial charge in [-0.2, -0.15) is 0 Å². The minimum atomic E-state index is -1.17. The van der Waals surface area contributed by atoms with Gasteiger partial charge >= 0.3 is 5.97 Å². The van der Waals surface area contributed by atoms with Crippen LogP contribution in [0.3, 0.4) is 0 Å². The predicted molar refractivity (Wildman–Crippen MR) is 251 cm³/mol. The standard InChI is InChI=1S/C51H65N7O8/c1-10-44(60)56-26-31(5)39(27-56)48(62)55(8)45(30(3)4)47(61)53-41-22-32-20-34(23-35(59)21-32)33-16-17-43-37(24-33)38(46(57(43)11-2)36-14-12-18-52-42(36)28-65-9)25-51(6,7)29-66-50(64)40-15-13-19-58(54-40)49(41)63/h10,12,14,16-18,20-21,23-24,30-31,39-41,45,54,59H,1,11,13,15,19,22,25-29H2,2-9H3,(H,53,61)/t31-,39+,40-,41-,45?/m0/s1. The van der Waals surface area contributed by atoms with Gasteiger partial charge in [0.1, 0.15) is 23.9 Å². The van der Waals surface area contributed by atoms with E-state index in [-0.39, 0.29) is 55.5 Å². The van der Waals surface area contributed by atoms with Crippen LogP contribution in [-0.2, 0) is 59.4 Å². The van der Waals surface area contributed by atoms with Crippen molar-refractivity contribution >= 4 is 40.5 Å². The minimum Gasteiger partial charge on any atom is -0.508 e. The second-order valence-electron chi connectivity index (χ2n) is 19.3. The van der Waals surface area contributed by atoms with Crippen LogP contribution in [0.15, 0.2) is 67.4 Å². The zero-order chi connectivity index (χ0) is 47.6. The van der Waals surface area contributed by atoms with Crippen LogP contribution in [0, 0.1) is 23.2 Å². The summed E-state index contributed by atoms with van der Waals surface area (Å²) in [5.41, 5.74) is 9.53. The van der Waals surface area contributed by atoms with Gasteiger partial charge in [0.2, 0.25) is 17.7 Å². The van der Waals surface area contributed by atoms with Crippen LogP contribution in [0.1, 0.15) is 71.2 Å². The molecule has 3 N–H and O–H groups in total. The molecule has 7 rings (SSSR count). The molecule has 3 aliphatic heterocycles. The van der Waals surface area contributed by atoms with Gasteiger partial charge < -0.3 is 34.3 Å². The Hall–Kier alpha value is -6.06. The Morgan fingerprint density at radius 2 is 1.89 bits per heavy atom. The number of nitrogens with zero attached hydrogens (tertiary/aromatic N) is 5. The van der Waals surface area contributed by atoms with Crippen LogP contribution in [0.25, 0.3) is 33.3 Å². The molecule has 15 nitrogen and oxygen atoms in total. The number of esters is 1. The van der Waals surface area contributed by atoms with Gasteiger partial charge in [-0.05, 0) is 103 Å². The molecule has 2 aromatic heterocycles. The highest BCUT2D eigenvalue weighted by Crippen LogP contribution is 2.41. The van der Waals surface area contributed by atoms with Crippen molar-refractivity contribution in [2.45, 2.75) is 98.5 Å². The number of hydrogen-bond donors (Lipinski definition) is 3. The third-order valence-corrected chi connectivity index (χ3v) is 13.4. The predicted octanol–water partition coefficient (Wildman–Crippen LogP) is 5.65. The largest absolute Gasteiger partial charge is 0.508 e. The lowest BCUT2D eigenvalue weighted by atomic mass is 9.84. The van der Waals surface area contributed by atoms with E-state index in [2.05, 4.69) is 60.9 Å². The van der Waals surface area contributed by atoms with Gasteiger partial charge in [0, 0.05) is 74.8 Å². The van der Waals surface area contributed by atoms with Crippen molar-refractivity contribution in [1.82, 2.24) is 35.1 Å². The summed E-state index contributed by atoms with van der Waals surface area (Å²) in [4.78, 5) is 77.5. The smallest absolute Gasteiger partial charge is 0.324 e. The Bertz CT molecular complexity index is 2510. The number of amides is 4. The number of nitrogens with one attached hydrogen (secondary N) is 2. The zero-order valence-electron chi connectivity index (χ0n) is 39.6. The van der Waals surface area contributed by atoms with Gasteiger partial charge in [-0.3, -0.25) is 34.0 Å². The number of hydrogen-bond acceptors (Lipinski definition) is 10. The number of aromatic hydroxyl groups is 1. The maximum atomic E-state index is 14.7. The van der Waals surface area contributed by atoms with E-state index in [9.17, 15) is 29.1 Å². The summed E-state index contributed by atoms with van der Waals surface area (Å²) >= 11 is 0. The lowest BCUT2D eigenvalue weighted by Crippen LogP contribution is -2.62. The molecule has 2 aromatic carbocycles. The summed E-state index contributed by atoms with van der Waals surface area (Å²) in [7, 11) is 3.24. The molecule has 2 saturated heterocycles. The fraction of sp³-hybridized carbons (Fsp3) is 0.490. The highest BCUT2D eigenvalue weighted by Gasteiger charge is 2.42. The van der Waals surface area contributed by atoms with Crippen molar-refractivity contribution in [1.29, 1.82) is 0 Å². The number of carbonyl (C=O) groups is 5. The maximum Gasteiger partial charge on any atom is 0.324 e. The summed E-state index contributed by atoms with van der Waals surface area (Å²) in [5, 5.41) is 16.7. The molecule has 0 radical (unpaired) electrons. The first-order valence-corrected chi connectivity index (χ1v) is 23.1. The summed E-state index contributed by atoms with van der Waals surface area (Å²) in [5.74, 6) is -3.06. The quantitative estimate of drug-likeness (QED) is 0.133. The molecule has 4 aromatic rings. The van der Waals surface area contributed by atoms with Crippen molar-refractivity contribution in [3.05, 3.63) is 84.2 Å². The van der Waals surface area contributed by atoms with E-state index in [0.29, 0.717) is 50.1 Å². The highest BCUT2D eigenvalue weighted by molar-refractivity contribution is 5.96. The average Bonchev–Trinajstić information content (AvgIpc) is 3.83. The number of phenolic OH excluding ortho intramolecular Hbond substituents is 1. The van der Waals surface area contributed by atoms with Crippen LogP contribution in [0.4, 0.5) is 0 Å². The molecule has 2 fully saturated rings. The number of likely N-dealkylation sites (tertiary alicyclic amines) is 1. The number of likely N-dealkylation sites (N-methyl/N-ethyl adjacent to an activating group) is 1. The molecule has 5 heterocycles. The van der Waals surface area contributed by atoms with Crippen molar-refractivity contribution in [3.8, 4) is 28.1 Å². The number of aromatic nitrogens is 2. The van der Waals surface area contributed by atoms with Gasteiger partial charge in [0.25, 0.3) is 5.91 Å². The normalized spacial score (nSPS) is 21.6. The molecule has 3 aliphatic rings. The molecule has 4 amide bonds. The molecule has 15 heteroatoms. The van der Waals surface area contributed by atoms with Gasteiger partial charge in [0.15, 0.2) is 0 Å². The number of cyclic esters (lactones) is 1. The fourth-order valence-corrected chi connectivity index (χ4v) is 10.1. The molecule has 0 aliphatic carbocycles. The Morgan fingerprint density at radius 3 is 2.61 bits per heavy atom. The number of methoxy groups -OCH3 is 1. The maximum absolute atomic E-state index is 14.7. The lowest BCUT2D eigenvalue weighted by Gasteiger charge is -2.37.